The monoisotopic (exact) mass is 173 g/mol. The van der Waals surface area contributed by atoms with Crippen LogP contribution in [0.4, 0.5) is 0 Å². The standard InChI is InChI=1S/C11H14BO/c1-8(2)11(13)9-5-4-6-10(7-9)12-3/h4-8H,1-3H3. The summed E-state index contributed by atoms with van der Waals surface area (Å²) < 4.78 is 0. The van der Waals surface area contributed by atoms with E-state index < -0.39 is 0 Å². The van der Waals surface area contributed by atoms with Gasteiger partial charge in [-0.25, -0.2) is 0 Å². The zero-order valence-electron chi connectivity index (χ0n) is 8.37. The maximum atomic E-state index is 11.6. The van der Waals surface area contributed by atoms with E-state index in [9.17, 15) is 4.79 Å². The van der Waals surface area contributed by atoms with Crippen LogP contribution in [0.3, 0.4) is 0 Å². The summed E-state index contributed by atoms with van der Waals surface area (Å²) in [5, 5.41) is 0. The highest BCUT2D eigenvalue weighted by molar-refractivity contribution is 6.52. The molecule has 0 saturated heterocycles. The van der Waals surface area contributed by atoms with Gasteiger partial charge in [-0.1, -0.05) is 50.4 Å². The molecule has 0 atom stereocenters. The van der Waals surface area contributed by atoms with Crippen LogP contribution in [-0.2, 0) is 0 Å². The van der Waals surface area contributed by atoms with E-state index in [1.807, 2.05) is 52.2 Å². The van der Waals surface area contributed by atoms with Crippen LogP contribution in [0.1, 0.15) is 24.2 Å². The number of Topliss-reactive ketones (excluding diaryl/α,β-unsaturated/α-hetero) is 1. The van der Waals surface area contributed by atoms with Gasteiger partial charge in [0.2, 0.25) is 0 Å². The van der Waals surface area contributed by atoms with E-state index >= 15 is 0 Å². The van der Waals surface area contributed by atoms with E-state index in [0.717, 1.165) is 11.0 Å². The summed E-state index contributed by atoms with van der Waals surface area (Å²) in [6.07, 6.45) is 0. The highest BCUT2D eigenvalue weighted by atomic mass is 16.1. The third-order valence-electron chi connectivity index (χ3n) is 2.03. The summed E-state index contributed by atoms with van der Waals surface area (Å²) in [5.74, 6) is 0.288. The lowest BCUT2D eigenvalue weighted by atomic mass is 9.72. The molecule has 0 aliphatic heterocycles. The molecule has 0 unspecified atom stereocenters. The number of hydrogen-bond donors (Lipinski definition) is 0. The first-order valence-electron chi connectivity index (χ1n) is 4.58. The number of hydrogen-bond acceptors (Lipinski definition) is 1. The smallest absolute Gasteiger partial charge is 0.165 e. The van der Waals surface area contributed by atoms with Crippen molar-refractivity contribution >= 4 is 18.5 Å². The van der Waals surface area contributed by atoms with E-state index in [0.29, 0.717) is 0 Å². The minimum absolute atomic E-state index is 0.0760. The molecule has 2 heteroatoms. The van der Waals surface area contributed by atoms with Gasteiger partial charge in [0.05, 0.1) is 0 Å². The molecule has 0 fully saturated rings. The van der Waals surface area contributed by atoms with Gasteiger partial charge in [-0.05, 0) is 0 Å². The summed E-state index contributed by atoms with van der Waals surface area (Å²) >= 11 is 0. The molecule has 0 saturated carbocycles. The normalized spacial score (nSPS) is 10.2. The van der Waals surface area contributed by atoms with Crippen LogP contribution in [0.15, 0.2) is 24.3 Å². The predicted octanol–water partition coefficient (Wildman–Crippen LogP) is 1.90. The molecule has 1 rings (SSSR count). The van der Waals surface area contributed by atoms with Gasteiger partial charge in [-0.3, -0.25) is 4.79 Å². The first kappa shape index (κ1) is 10.0. The van der Waals surface area contributed by atoms with Crippen LogP contribution in [0.5, 0.6) is 0 Å². The van der Waals surface area contributed by atoms with Gasteiger partial charge in [-0.2, -0.15) is 0 Å². The summed E-state index contributed by atoms with van der Waals surface area (Å²) in [5.41, 5.74) is 1.91. The second-order valence-electron chi connectivity index (χ2n) is 3.43. The highest BCUT2D eigenvalue weighted by Crippen LogP contribution is 2.06. The molecular formula is C11H14BO. The van der Waals surface area contributed by atoms with E-state index in [2.05, 4.69) is 0 Å². The zero-order valence-corrected chi connectivity index (χ0v) is 8.37. The molecule has 67 valence electrons. The van der Waals surface area contributed by atoms with Crippen molar-refractivity contribution in [2.45, 2.75) is 20.7 Å². The number of ketones is 1. The topological polar surface area (TPSA) is 17.1 Å². The number of carbonyl (C=O) groups excluding carboxylic acids is 1. The Labute approximate surface area is 80.4 Å². The molecule has 0 bridgehead atoms. The second kappa shape index (κ2) is 4.26. The first-order chi connectivity index (χ1) is 6.15. The highest BCUT2D eigenvalue weighted by Gasteiger charge is 2.09. The van der Waals surface area contributed by atoms with Gasteiger partial charge in [0.25, 0.3) is 0 Å². The number of rotatable bonds is 3. The Kier molecular flexibility index (Phi) is 3.29. The lowest BCUT2D eigenvalue weighted by Crippen LogP contribution is -2.15. The lowest BCUT2D eigenvalue weighted by Gasteiger charge is -2.05. The van der Waals surface area contributed by atoms with Gasteiger partial charge in [-0.15, -0.1) is 0 Å². The molecule has 0 aliphatic rings. The molecule has 0 aliphatic carbocycles. The molecular weight excluding hydrogens is 159 g/mol. The molecule has 1 aromatic rings. The molecule has 0 spiro atoms. The Bertz CT molecular complexity index is 305. The van der Waals surface area contributed by atoms with E-state index in [1.165, 1.54) is 0 Å². The van der Waals surface area contributed by atoms with Crippen LogP contribution < -0.4 is 5.46 Å². The van der Waals surface area contributed by atoms with Gasteiger partial charge >= 0.3 is 0 Å². The molecule has 1 aromatic carbocycles. The van der Waals surface area contributed by atoms with Crippen LogP contribution in [0.2, 0.25) is 6.82 Å². The van der Waals surface area contributed by atoms with E-state index in [4.69, 9.17) is 0 Å². The second-order valence-corrected chi connectivity index (χ2v) is 3.43. The number of carbonyl (C=O) groups is 1. The van der Waals surface area contributed by atoms with Crippen LogP contribution in [0, 0.1) is 5.92 Å². The van der Waals surface area contributed by atoms with E-state index in [-0.39, 0.29) is 11.7 Å². The third-order valence-corrected chi connectivity index (χ3v) is 2.03. The van der Waals surface area contributed by atoms with Crippen molar-refractivity contribution in [1.29, 1.82) is 0 Å². The molecule has 0 heterocycles. The maximum absolute atomic E-state index is 11.6. The van der Waals surface area contributed by atoms with Crippen LogP contribution >= 0.6 is 0 Å². The van der Waals surface area contributed by atoms with Crippen molar-refractivity contribution < 1.29 is 4.79 Å². The van der Waals surface area contributed by atoms with Gasteiger partial charge in [0.15, 0.2) is 5.78 Å². The Morgan fingerprint density at radius 1 is 1.38 bits per heavy atom. The first-order valence-corrected chi connectivity index (χ1v) is 4.58. The summed E-state index contributed by atoms with van der Waals surface area (Å²) in [6, 6.07) is 7.72. The molecule has 1 nitrogen and oxygen atoms in total. The molecule has 1 radical (unpaired) electrons. The molecule has 13 heavy (non-hydrogen) atoms. The molecule has 0 amide bonds. The SMILES string of the molecule is C[B]c1cccc(C(=O)C(C)C)c1. The van der Waals surface area contributed by atoms with Gasteiger partial charge in [0, 0.05) is 11.5 Å². The van der Waals surface area contributed by atoms with Crippen LogP contribution in [-0.4, -0.2) is 13.1 Å². The minimum atomic E-state index is 0.0760. The molecule has 0 aromatic heterocycles. The fraction of sp³-hybridized carbons (Fsp3) is 0.364. The fourth-order valence-corrected chi connectivity index (χ4v) is 1.20. The minimum Gasteiger partial charge on any atom is -0.294 e. The van der Waals surface area contributed by atoms with Crippen molar-refractivity contribution in [3.05, 3.63) is 29.8 Å². The van der Waals surface area contributed by atoms with Crippen molar-refractivity contribution in [3.63, 3.8) is 0 Å². The van der Waals surface area contributed by atoms with Gasteiger partial charge in [0.1, 0.15) is 7.28 Å². The Hall–Kier alpha value is -1.05. The van der Waals surface area contributed by atoms with Crippen molar-refractivity contribution in [2.75, 3.05) is 0 Å². The van der Waals surface area contributed by atoms with Crippen molar-refractivity contribution in [2.24, 2.45) is 5.92 Å². The Balaban J connectivity index is 2.95. The third kappa shape index (κ3) is 2.45. The zero-order chi connectivity index (χ0) is 9.84. The molecule has 0 N–H and O–H groups in total. The number of benzene rings is 1. The average molecular weight is 173 g/mol. The fourth-order valence-electron chi connectivity index (χ4n) is 1.20. The van der Waals surface area contributed by atoms with E-state index in [1.54, 1.807) is 0 Å². The summed E-state index contributed by atoms with van der Waals surface area (Å²) in [4.78, 5) is 11.6. The largest absolute Gasteiger partial charge is 0.294 e. The van der Waals surface area contributed by atoms with Crippen LogP contribution in [0.25, 0.3) is 0 Å². The Morgan fingerprint density at radius 3 is 2.62 bits per heavy atom. The quantitative estimate of drug-likeness (QED) is 0.504. The summed E-state index contributed by atoms with van der Waals surface area (Å²) in [7, 11) is 2.00. The summed E-state index contributed by atoms with van der Waals surface area (Å²) in [6.45, 7) is 5.81. The average Bonchev–Trinajstić information content (AvgIpc) is 2.16. The van der Waals surface area contributed by atoms with Gasteiger partial charge < -0.3 is 0 Å². The predicted molar refractivity (Wildman–Crippen MR) is 56.9 cm³/mol. The lowest BCUT2D eigenvalue weighted by molar-refractivity contribution is 0.0939. The van der Waals surface area contributed by atoms with Crippen molar-refractivity contribution in [3.8, 4) is 0 Å². The maximum Gasteiger partial charge on any atom is 0.165 e. The Morgan fingerprint density at radius 2 is 2.08 bits per heavy atom. The van der Waals surface area contributed by atoms with Crippen molar-refractivity contribution in [1.82, 2.24) is 0 Å².